The monoisotopic (exact) mass is 427 g/mol. The largest absolute Gasteiger partial charge is 0.308 e. The number of anilines is 1. The van der Waals surface area contributed by atoms with Gasteiger partial charge >= 0.3 is 0 Å². The highest BCUT2D eigenvalue weighted by Crippen LogP contribution is 2.28. The lowest BCUT2D eigenvalue weighted by atomic mass is 9.94. The number of nitrogens with zero attached hydrogens (tertiary/aromatic N) is 3. The molecule has 0 aliphatic heterocycles. The number of rotatable bonds is 6. The van der Waals surface area contributed by atoms with Crippen LogP contribution in [0.15, 0.2) is 54.7 Å². The Bertz CT molecular complexity index is 1070. The minimum Gasteiger partial charge on any atom is -0.308 e. The number of hydrogen-bond acceptors (Lipinski definition) is 4. The number of nitriles is 1. The standard InChI is InChI=1S/C21H19Cl2N5O/c1-21(2,15-8-9-17(22)18(23)10-15)25-13-19(29)27-20-14(11-24)12-26-28(20)16-6-4-3-5-7-16/h3-10,12,25H,13H2,1-2H3,(H,27,29). The number of benzene rings is 2. The minimum atomic E-state index is -0.525. The van der Waals surface area contributed by atoms with Crippen LogP contribution in [0.2, 0.25) is 10.0 Å². The highest BCUT2D eigenvalue weighted by Gasteiger charge is 2.23. The van der Waals surface area contributed by atoms with Crippen molar-refractivity contribution in [2.75, 3.05) is 11.9 Å². The molecule has 3 aromatic rings. The maximum atomic E-state index is 12.6. The van der Waals surface area contributed by atoms with Crippen LogP contribution in [0.4, 0.5) is 5.82 Å². The van der Waals surface area contributed by atoms with E-state index in [4.69, 9.17) is 23.2 Å². The third kappa shape index (κ3) is 4.77. The number of amides is 1. The molecule has 0 atom stereocenters. The van der Waals surface area contributed by atoms with E-state index in [1.807, 2.05) is 50.2 Å². The highest BCUT2D eigenvalue weighted by atomic mass is 35.5. The van der Waals surface area contributed by atoms with Gasteiger partial charge in [0.2, 0.25) is 5.91 Å². The lowest BCUT2D eigenvalue weighted by Crippen LogP contribution is -2.41. The lowest BCUT2D eigenvalue weighted by Gasteiger charge is -2.27. The molecule has 1 amide bonds. The van der Waals surface area contributed by atoms with Crippen molar-refractivity contribution >= 4 is 34.9 Å². The molecule has 1 aromatic heterocycles. The molecule has 0 aliphatic rings. The lowest BCUT2D eigenvalue weighted by molar-refractivity contribution is -0.115. The van der Waals surface area contributed by atoms with Crippen LogP contribution in [0.1, 0.15) is 25.0 Å². The fourth-order valence-corrected chi connectivity index (χ4v) is 3.08. The fourth-order valence-electron chi connectivity index (χ4n) is 2.78. The van der Waals surface area contributed by atoms with Crippen LogP contribution in [0, 0.1) is 11.3 Å². The average molecular weight is 428 g/mol. The van der Waals surface area contributed by atoms with Crippen LogP contribution >= 0.6 is 23.2 Å². The maximum Gasteiger partial charge on any atom is 0.239 e. The molecule has 2 aromatic carbocycles. The van der Waals surface area contributed by atoms with Crippen LogP contribution in [-0.4, -0.2) is 22.2 Å². The van der Waals surface area contributed by atoms with E-state index in [2.05, 4.69) is 21.8 Å². The summed E-state index contributed by atoms with van der Waals surface area (Å²) in [5.41, 5.74) is 1.40. The number of halogens is 2. The third-order valence-corrected chi connectivity index (χ3v) is 5.22. The quantitative estimate of drug-likeness (QED) is 0.605. The minimum absolute atomic E-state index is 0.0259. The topological polar surface area (TPSA) is 82.7 Å². The number of aromatic nitrogens is 2. The molecule has 0 spiro atoms. The van der Waals surface area contributed by atoms with E-state index >= 15 is 0 Å². The van der Waals surface area contributed by atoms with Gasteiger partial charge in [0.05, 0.1) is 28.5 Å². The molecule has 0 saturated carbocycles. The Labute approximate surface area is 179 Å². The van der Waals surface area contributed by atoms with Crippen LogP contribution in [-0.2, 0) is 10.3 Å². The number of carbonyl (C=O) groups excluding carboxylic acids is 1. The first-order valence-electron chi connectivity index (χ1n) is 8.86. The van der Waals surface area contributed by atoms with E-state index in [1.165, 1.54) is 10.9 Å². The van der Waals surface area contributed by atoms with E-state index in [1.54, 1.807) is 12.1 Å². The van der Waals surface area contributed by atoms with Gasteiger partial charge in [0, 0.05) is 5.54 Å². The van der Waals surface area contributed by atoms with E-state index in [-0.39, 0.29) is 18.0 Å². The van der Waals surface area contributed by atoms with Crippen molar-refractivity contribution in [3.8, 4) is 11.8 Å². The molecular weight excluding hydrogens is 409 g/mol. The van der Waals surface area contributed by atoms with Gasteiger partial charge in [-0.05, 0) is 43.7 Å². The average Bonchev–Trinajstić information content (AvgIpc) is 3.11. The molecular formula is C21H19Cl2N5O. The van der Waals surface area contributed by atoms with Gasteiger partial charge in [-0.2, -0.15) is 10.4 Å². The summed E-state index contributed by atoms with van der Waals surface area (Å²) in [5, 5.41) is 20.5. The fraction of sp³-hybridized carbons (Fsp3) is 0.190. The number of carbonyl (C=O) groups is 1. The van der Waals surface area contributed by atoms with Gasteiger partial charge < -0.3 is 5.32 Å². The second kappa shape index (κ2) is 8.66. The summed E-state index contributed by atoms with van der Waals surface area (Å²) in [6.45, 7) is 3.90. The van der Waals surface area contributed by atoms with Gasteiger partial charge in [-0.1, -0.05) is 47.5 Å². The van der Waals surface area contributed by atoms with Crippen LogP contribution < -0.4 is 10.6 Å². The van der Waals surface area contributed by atoms with Crippen molar-refractivity contribution in [1.29, 1.82) is 5.26 Å². The predicted molar refractivity (Wildman–Crippen MR) is 114 cm³/mol. The first kappa shape index (κ1) is 20.9. The van der Waals surface area contributed by atoms with Crippen molar-refractivity contribution in [2.45, 2.75) is 19.4 Å². The zero-order chi connectivity index (χ0) is 21.0. The van der Waals surface area contributed by atoms with Crippen molar-refractivity contribution < 1.29 is 4.79 Å². The zero-order valence-corrected chi connectivity index (χ0v) is 17.4. The van der Waals surface area contributed by atoms with E-state index in [9.17, 15) is 10.1 Å². The molecule has 0 fully saturated rings. The Morgan fingerprint density at radius 3 is 2.55 bits per heavy atom. The normalized spacial score (nSPS) is 11.1. The number of nitrogens with one attached hydrogen (secondary N) is 2. The Balaban J connectivity index is 1.74. The molecule has 1 heterocycles. The predicted octanol–water partition coefficient (Wildman–Crippen LogP) is 4.51. The van der Waals surface area contributed by atoms with Gasteiger partial charge in [0.1, 0.15) is 11.6 Å². The third-order valence-electron chi connectivity index (χ3n) is 4.48. The van der Waals surface area contributed by atoms with Crippen molar-refractivity contribution in [2.24, 2.45) is 0 Å². The van der Waals surface area contributed by atoms with Gasteiger partial charge in [-0.15, -0.1) is 0 Å². The first-order valence-corrected chi connectivity index (χ1v) is 9.61. The molecule has 0 bridgehead atoms. The van der Waals surface area contributed by atoms with Crippen LogP contribution in [0.5, 0.6) is 0 Å². The van der Waals surface area contributed by atoms with Crippen molar-refractivity contribution in [1.82, 2.24) is 15.1 Å². The summed E-state index contributed by atoms with van der Waals surface area (Å²) in [4.78, 5) is 12.6. The van der Waals surface area contributed by atoms with Crippen LogP contribution in [0.25, 0.3) is 5.69 Å². The Kier molecular flexibility index (Phi) is 6.23. The SMILES string of the molecule is CC(C)(NCC(=O)Nc1c(C#N)cnn1-c1ccccc1)c1ccc(Cl)c(Cl)c1. The summed E-state index contributed by atoms with van der Waals surface area (Å²) in [7, 11) is 0. The molecule has 3 rings (SSSR count). The van der Waals surface area contributed by atoms with Gasteiger partial charge in [-0.3, -0.25) is 10.1 Å². The van der Waals surface area contributed by atoms with E-state index in [0.717, 1.165) is 11.3 Å². The van der Waals surface area contributed by atoms with Gasteiger partial charge in [-0.25, -0.2) is 4.68 Å². The molecule has 0 unspecified atom stereocenters. The van der Waals surface area contributed by atoms with E-state index < -0.39 is 5.54 Å². The molecule has 2 N–H and O–H groups in total. The molecule has 29 heavy (non-hydrogen) atoms. The summed E-state index contributed by atoms with van der Waals surface area (Å²) in [6.07, 6.45) is 1.43. The Morgan fingerprint density at radius 1 is 1.17 bits per heavy atom. The number of para-hydroxylation sites is 1. The first-order chi connectivity index (χ1) is 13.8. The Hall–Kier alpha value is -2.85. The smallest absolute Gasteiger partial charge is 0.239 e. The summed E-state index contributed by atoms with van der Waals surface area (Å²) in [5.74, 6) is 0.0326. The summed E-state index contributed by atoms with van der Waals surface area (Å²) < 4.78 is 1.53. The molecule has 0 radical (unpaired) electrons. The Morgan fingerprint density at radius 2 is 1.90 bits per heavy atom. The van der Waals surface area contributed by atoms with Gasteiger partial charge in [0.15, 0.2) is 5.82 Å². The van der Waals surface area contributed by atoms with Gasteiger partial charge in [0.25, 0.3) is 0 Å². The maximum absolute atomic E-state index is 12.6. The molecule has 148 valence electrons. The zero-order valence-electron chi connectivity index (χ0n) is 15.9. The molecule has 0 aliphatic carbocycles. The number of hydrogen-bond donors (Lipinski definition) is 2. The van der Waals surface area contributed by atoms with E-state index in [0.29, 0.717) is 15.9 Å². The summed E-state index contributed by atoms with van der Waals surface area (Å²) in [6, 6.07) is 16.7. The summed E-state index contributed by atoms with van der Waals surface area (Å²) >= 11 is 12.1. The second-order valence-corrected chi connectivity index (χ2v) is 7.74. The molecule has 6 nitrogen and oxygen atoms in total. The van der Waals surface area contributed by atoms with Crippen molar-refractivity contribution in [3.05, 3.63) is 75.9 Å². The molecule has 0 saturated heterocycles. The second-order valence-electron chi connectivity index (χ2n) is 6.92. The molecule has 8 heteroatoms. The van der Waals surface area contributed by atoms with Crippen LogP contribution in [0.3, 0.4) is 0 Å². The highest BCUT2D eigenvalue weighted by molar-refractivity contribution is 6.42. The van der Waals surface area contributed by atoms with Crippen molar-refractivity contribution in [3.63, 3.8) is 0 Å².